The fourth-order valence-electron chi connectivity index (χ4n) is 1.61. The van der Waals surface area contributed by atoms with Crippen LogP contribution in [0.5, 0.6) is 0 Å². The van der Waals surface area contributed by atoms with Crippen LogP contribution in [0.2, 0.25) is 0 Å². The van der Waals surface area contributed by atoms with Gasteiger partial charge < -0.3 is 4.42 Å². The summed E-state index contributed by atoms with van der Waals surface area (Å²) in [5, 5.41) is 4.25. The highest BCUT2D eigenvalue weighted by Gasteiger charge is 2.18. The Morgan fingerprint density at radius 3 is 2.71 bits per heavy atom. The summed E-state index contributed by atoms with van der Waals surface area (Å²) < 4.78 is 8.12. The Bertz CT molecular complexity index is 572. The molecule has 0 aromatic carbocycles. The van der Waals surface area contributed by atoms with Crippen LogP contribution in [0, 0.1) is 6.92 Å². The molecule has 2 aromatic rings. The molecule has 0 atom stereocenters. The van der Waals surface area contributed by atoms with Crippen molar-refractivity contribution < 1.29 is 9.21 Å². The zero-order valence-electron chi connectivity index (χ0n) is 9.33. The molecule has 4 nitrogen and oxygen atoms in total. The first-order valence-electron chi connectivity index (χ1n) is 4.95. The smallest absolute Gasteiger partial charge is 0.179 e. The molecular formula is C11H10Br2N2O2. The second-order valence-electron chi connectivity index (χ2n) is 3.68. The molecule has 0 saturated carbocycles. The number of Topliss-reactive ketones (excluding diaryl/α,β-unsaturated/α-hetero) is 1. The first-order valence-corrected chi connectivity index (χ1v) is 6.53. The summed E-state index contributed by atoms with van der Waals surface area (Å²) in [4.78, 5) is 12.1. The third-order valence-corrected chi connectivity index (χ3v) is 4.15. The molecule has 0 bridgehead atoms. The standard InChI is InChI=1S/C11H10Br2N2O2/c1-6-10(12)8(15(2)14-6)5-9(16)7-3-4-17-11(7)13/h3-4H,5H2,1-2H3. The second kappa shape index (κ2) is 4.78. The highest BCUT2D eigenvalue weighted by atomic mass is 79.9. The van der Waals surface area contributed by atoms with Crippen LogP contribution < -0.4 is 0 Å². The predicted molar refractivity (Wildman–Crippen MR) is 70.1 cm³/mol. The van der Waals surface area contributed by atoms with E-state index in [0.29, 0.717) is 10.2 Å². The molecule has 0 spiro atoms. The van der Waals surface area contributed by atoms with Crippen LogP contribution in [-0.2, 0) is 13.5 Å². The highest BCUT2D eigenvalue weighted by Crippen LogP contribution is 2.24. The van der Waals surface area contributed by atoms with Gasteiger partial charge in [0, 0.05) is 7.05 Å². The fraction of sp³-hybridized carbons (Fsp3) is 0.273. The van der Waals surface area contributed by atoms with E-state index >= 15 is 0 Å². The van der Waals surface area contributed by atoms with Gasteiger partial charge in [0.15, 0.2) is 10.5 Å². The summed E-state index contributed by atoms with van der Waals surface area (Å²) in [7, 11) is 1.82. The Balaban J connectivity index is 2.28. The lowest BCUT2D eigenvalue weighted by atomic mass is 10.1. The van der Waals surface area contributed by atoms with Crippen molar-refractivity contribution in [3.63, 3.8) is 0 Å². The maximum Gasteiger partial charge on any atom is 0.179 e. The minimum absolute atomic E-state index is 0.00525. The number of halogens is 2. The van der Waals surface area contributed by atoms with Gasteiger partial charge in [-0.1, -0.05) is 0 Å². The van der Waals surface area contributed by atoms with Crippen LogP contribution in [0.3, 0.4) is 0 Å². The molecule has 2 aromatic heterocycles. The van der Waals surface area contributed by atoms with Crippen LogP contribution in [0.25, 0.3) is 0 Å². The van der Waals surface area contributed by atoms with Crippen molar-refractivity contribution in [2.45, 2.75) is 13.3 Å². The Labute approximate surface area is 115 Å². The molecule has 0 aliphatic rings. The molecule has 17 heavy (non-hydrogen) atoms. The Morgan fingerprint density at radius 2 is 2.24 bits per heavy atom. The van der Waals surface area contributed by atoms with Gasteiger partial charge in [-0.05, 0) is 44.8 Å². The molecule has 0 amide bonds. The first-order chi connectivity index (χ1) is 8.00. The predicted octanol–water partition coefficient (Wildman–Crippen LogP) is 3.27. The molecule has 2 rings (SSSR count). The molecule has 0 saturated heterocycles. The van der Waals surface area contributed by atoms with Gasteiger partial charge in [0.05, 0.1) is 34.1 Å². The van der Waals surface area contributed by atoms with Crippen molar-refractivity contribution >= 4 is 37.6 Å². The quantitative estimate of drug-likeness (QED) is 0.788. The van der Waals surface area contributed by atoms with Crippen molar-refractivity contribution in [1.29, 1.82) is 0 Å². The maximum absolute atomic E-state index is 12.1. The lowest BCUT2D eigenvalue weighted by Gasteiger charge is -2.01. The van der Waals surface area contributed by atoms with E-state index in [4.69, 9.17) is 4.42 Å². The number of carbonyl (C=O) groups is 1. The van der Waals surface area contributed by atoms with Crippen molar-refractivity contribution in [2.75, 3.05) is 0 Å². The van der Waals surface area contributed by atoms with E-state index in [1.165, 1.54) is 6.26 Å². The number of aryl methyl sites for hydroxylation is 2. The number of carbonyl (C=O) groups excluding carboxylic acids is 1. The first kappa shape index (κ1) is 12.6. The van der Waals surface area contributed by atoms with Crippen molar-refractivity contribution in [3.05, 3.63) is 38.4 Å². The maximum atomic E-state index is 12.1. The molecule has 0 fully saturated rings. The van der Waals surface area contributed by atoms with E-state index in [-0.39, 0.29) is 12.2 Å². The molecule has 0 aliphatic carbocycles. The minimum Gasteiger partial charge on any atom is -0.457 e. The van der Waals surface area contributed by atoms with E-state index < -0.39 is 0 Å². The number of ketones is 1. The van der Waals surface area contributed by atoms with E-state index in [9.17, 15) is 4.79 Å². The number of furan rings is 1. The molecular weight excluding hydrogens is 352 g/mol. The largest absolute Gasteiger partial charge is 0.457 e. The van der Waals surface area contributed by atoms with Crippen LogP contribution in [0.15, 0.2) is 25.9 Å². The summed E-state index contributed by atoms with van der Waals surface area (Å²) in [6.45, 7) is 1.89. The van der Waals surface area contributed by atoms with Crippen LogP contribution in [0.4, 0.5) is 0 Å². The summed E-state index contributed by atoms with van der Waals surface area (Å²) in [6.07, 6.45) is 1.77. The van der Waals surface area contributed by atoms with Gasteiger partial charge >= 0.3 is 0 Å². The lowest BCUT2D eigenvalue weighted by Crippen LogP contribution is -2.08. The van der Waals surface area contributed by atoms with E-state index in [2.05, 4.69) is 37.0 Å². The summed E-state index contributed by atoms with van der Waals surface area (Å²) in [5.74, 6) is -0.00525. The molecule has 0 aliphatic heterocycles. The van der Waals surface area contributed by atoms with Crippen LogP contribution in [0.1, 0.15) is 21.7 Å². The van der Waals surface area contributed by atoms with Gasteiger partial charge in [0.2, 0.25) is 0 Å². The number of aromatic nitrogens is 2. The van der Waals surface area contributed by atoms with Gasteiger partial charge in [-0.3, -0.25) is 9.48 Å². The highest BCUT2D eigenvalue weighted by molar-refractivity contribution is 9.10. The summed E-state index contributed by atoms with van der Waals surface area (Å²) in [6, 6.07) is 1.66. The van der Waals surface area contributed by atoms with Gasteiger partial charge in [-0.15, -0.1) is 0 Å². The molecule has 0 radical (unpaired) electrons. The summed E-state index contributed by atoms with van der Waals surface area (Å²) in [5.41, 5.74) is 2.29. The molecule has 90 valence electrons. The number of nitrogens with zero attached hydrogens (tertiary/aromatic N) is 2. The van der Waals surface area contributed by atoms with Gasteiger partial charge in [0.1, 0.15) is 0 Å². The van der Waals surface area contributed by atoms with Gasteiger partial charge in [0.25, 0.3) is 0 Å². The number of rotatable bonds is 3. The third kappa shape index (κ3) is 2.37. The average Bonchev–Trinajstić information content (AvgIpc) is 2.78. The van der Waals surface area contributed by atoms with Crippen LogP contribution >= 0.6 is 31.9 Å². The fourth-order valence-corrected chi connectivity index (χ4v) is 2.55. The van der Waals surface area contributed by atoms with Crippen molar-refractivity contribution in [1.82, 2.24) is 9.78 Å². The average molecular weight is 362 g/mol. The van der Waals surface area contributed by atoms with E-state index in [1.54, 1.807) is 10.7 Å². The Hall–Kier alpha value is -0.880. The Morgan fingerprint density at radius 1 is 1.53 bits per heavy atom. The second-order valence-corrected chi connectivity index (χ2v) is 5.19. The Kier molecular flexibility index (Phi) is 3.53. The SMILES string of the molecule is Cc1nn(C)c(CC(=O)c2ccoc2Br)c1Br. The molecule has 0 unspecified atom stereocenters. The van der Waals surface area contributed by atoms with E-state index in [0.717, 1.165) is 15.9 Å². The number of hydrogen-bond acceptors (Lipinski definition) is 3. The zero-order valence-corrected chi connectivity index (χ0v) is 12.5. The zero-order chi connectivity index (χ0) is 12.6. The monoisotopic (exact) mass is 360 g/mol. The lowest BCUT2D eigenvalue weighted by molar-refractivity contribution is 0.0989. The molecule has 0 N–H and O–H groups in total. The minimum atomic E-state index is -0.00525. The third-order valence-electron chi connectivity index (χ3n) is 2.51. The van der Waals surface area contributed by atoms with Crippen LogP contribution in [-0.4, -0.2) is 15.6 Å². The topological polar surface area (TPSA) is 48.0 Å². The van der Waals surface area contributed by atoms with E-state index in [1.807, 2.05) is 14.0 Å². The molecule has 2 heterocycles. The molecule has 6 heteroatoms. The summed E-state index contributed by atoms with van der Waals surface area (Å²) >= 11 is 6.64. The van der Waals surface area contributed by atoms with Crippen molar-refractivity contribution in [2.24, 2.45) is 7.05 Å². The normalized spacial score (nSPS) is 10.8. The van der Waals surface area contributed by atoms with Crippen molar-refractivity contribution in [3.8, 4) is 0 Å². The van der Waals surface area contributed by atoms with Gasteiger partial charge in [-0.25, -0.2) is 0 Å². The van der Waals surface area contributed by atoms with Gasteiger partial charge in [-0.2, -0.15) is 5.10 Å². The number of hydrogen-bond donors (Lipinski definition) is 0.